The molecule has 2 aliphatic heterocycles. The van der Waals surface area contributed by atoms with Crippen molar-refractivity contribution in [2.75, 3.05) is 13.1 Å². The van der Waals surface area contributed by atoms with Crippen LogP contribution in [0.5, 0.6) is 0 Å². The maximum Gasteiger partial charge on any atom is 0.0995 e. The molecule has 0 aromatic carbocycles. The fourth-order valence-electron chi connectivity index (χ4n) is 1.46. The van der Waals surface area contributed by atoms with E-state index in [4.69, 9.17) is 0 Å². The fraction of sp³-hybridized carbons (Fsp3) is 0.833. The highest BCUT2D eigenvalue weighted by molar-refractivity contribution is 5.87. The van der Waals surface area contributed by atoms with Gasteiger partial charge in [-0.05, 0) is 12.8 Å². The van der Waals surface area contributed by atoms with Crippen LogP contribution in [0.1, 0.15) is 12.8 Å². The highest BCUT2D eigenvalue weighted by Gasteiger charge is 2.24. The minimum Gasteiger partial charge on any atom is -0.374 e. The van der Waals surface area contributed by atoms with Crippen LogP contribution in [0.3, 0.4) is 0 Å². The normalized spacial score (nSPS) is 34.0. The molecule has 0 aromatic heterocycles. The molecule has 1 atom stereocenters. The van der Waals surface area contributed by atoms with E-state index in [1.54, 1.807) is 0 Å². The Bertz CT molecular complexity index is 128. The average Bonchev–Trinajstić information content (AvgIpc) is 2.15. The van der Waals surface area contributed by atoms with E-state index in [1.807, 2.05) is 0 Å². The molecule has 1 unspecified atom stereocenters. The summed E-state index contributed by atoms with van der Waals surface area (Å²) in [4.78, 5) is 4.30. The Balaban J connectivity index is 2.20. The first kappa shape index (κ1) is 4.36. The maximum absolute atomic E-state index is 4.30. The van der Waals surface area contributed by atoms with Crippen LogP contribution in [0.15, 0.2) is 4.99 Å². The van der Waals surface area contributed by atoms with Gasteiger partial charge in [0.2, 0.25) is 0 Å². The van der Waals surface area contributed by atoms with Gasteiger partial charge >= 0.3 is 0 Å². The van der Waals surface area contributed by atoms with Gasteiger partial charge in [0.1, 0.15) is 0 Å². The largest absolute Gasteiger partial charge is 0.374 e. The van der Waals surface area contributed by atoms with E-state index in [1.165, 1.54) is 18.7 Å². The molecular formula is C6H10N2. The van der Waals surface area contributed by atoms with Gasteiger partial charge in [-0.3, -0.25) is 4.99 Å². The monoisotopic (exact) mass is 110 g/mol. The summed E-state index contributed by atoms with van der Waals surface area (Å²) in [6.07, 6.45) is 2.61. The zero-order chi connectivity index (χ0) is 5.40. The second-order valence-electron chi connectivity index (χ2n) is 2.47. The smallest absolute Gasteiger partial charge is 0.0995 e. The van der Waals surface area contributed by atoms with Gasteiger partial charge in [0.25, 0.3) is 0 Å². The second-order valence-corrected chi connectivity index (χ2v) is 2.47. The average molecular weight is 110 g/mol. The number of fused-ring (bicyclic) bond motifs is 1. The highest BCUT2D eigenvalue weighted by atomic mass is 15.0. The lowest BCUT2D eigenvalue weighted by molar-refractivity contribution is 0.663. The molecule has 0 bridgehead atoms. The molecule has 2 aliphatic rings. The van der Waals surface area contributed by atoms with Gasteiger partial charge in [-0.2, -0.15) is 0 Å². The van der Waals surface area contributed by atoms with Crippen molar-refractivity contribution in [2.24, 2.45) is 10.9 Å². The Kier molecular flexibility index (Phi) is 0.802. The number of hydrogen-bond donors (Lipinski definition) is 1. The van der Waals surface area contributed by atoms with Crippen LogP contribution in [0.4, 0.5) is 0 Å². The van der Waals surface area contributed by atoms with Crippen molar-refractivity contribution >= 4 is 5.84 Å². The van der Waals surface area contributed by atoms with Gasteiger partial charge < -0.3 is 5.32 Å². The molecule has 0 aromatic rings. The molecule has 2 heterocycles. The molecule has 0 aliphatic carbocycles. The summed E-state index contributed by atoms with van der Waals surface area (Å²) in [6.45, 7) is 2.22. The Hall–Kier alpha value is -0.530. The van der Waals surface area contributed by atoms with Gasteiger partial charge in [0.15, 0.2) is 0 Å². The summed E-state index contributed by atoms with van der Waals surface area (Å²) in [5.41, 5.74) is 0. The standard InChI is InChI=1S/C6H10N2/c1-3-7-6-5(1)2-4-8-6/h5H,1-4H2,(H,7,8). The predicted octanol–water partition coefficient (Wildman–Crippen LogP) is 0.398. The third kappa shape index (κ3) is 0.457. The molecule has 0 amide bonds. The Morgan fingerprint density at radius 3 is 3.38 bits per heavy atom. The summed E-state index contributed by atoms with van der Waals surface area (Å²) in [6, 6.07) is 0. The van der Waals surface area contributed by atoms with Crippen LogP contribution in [-0.2, 0) is 0 Å². The number of nitrogens with zero attached hydrogens (tertiary/aromatic N) is 1. The van der Waals surface area contributed by atoms with Gasteiger partial charge in [-0.1, -0.05) is 0 Å². The Morgan fingerprint density at radius 2 is 2.50 bits per heavy atom. The Labute approximate surface area is 49.0 Å². The lowest BCUT2D eigenvalue weighted by atomic mass is 10.1. The van der Waals surface area contributed by atoms with Crippen molar-refractivity contribution in [3.8, 4) is 0 Å². The molecule has 0 spiro atoms. The third-order valence-corrected chi connectivity index (χ3v) is 1.95. The molecule has 1 N–H and O–H groups in total. The van der Waals surface area contributed by atoms with Crippen LogP contribution < -0.4 is 5.32 Å². The number of aliphatic imine (C=N–C) groups is 1. The first-order chi connectivity index (χ1) is 3.97. The van der Waals surface area contributed by atoms with Crippen LogP contribution in [-0.4, -0.2) is 18.9 Å². The quantitative estimate of drug-likeness (QED) is 0.479. The van der Waals surface area contributed by atoms with Crippen molar-refractivity contribution in [1.82, 2.24) is 5.32 Å². The van der Waals surface area contributed by atoms with Crippen molar-refractivity contribution in [3.63, 3.8) is 0 Å². The molecule has 2 heteroatoms. The SMILES string of the molecule is C1CC2CCNC2=N1. The van der Waals surface area contributed by atoms with E-state index < -0.39 is 0 Å². The summed E-state index contributed by atoms with van der Waals surface area (Å²) >= 11 is 0. The van der Waals surface area contributed by atoms with Crippen LogP contribution >= 0.6 is 0 Å². The number of hydrogen-bond acceptors (Lipinski definition) is 2. The Morgan fingerprint density at radius 1 is 1.50 bits per heavy atom. The van der Waals surface area contributed by atoms with Crippen LogP contribution in [0, 0.1) is 5.92 Å². The molecule has 1 saturated heterocycles. The van der Waals surface area contributed by atoms with Gasteiger partial charge in [-0.25, -0.2) is 0 Å². The first-order valence-electron chi connectivity index (χ1n) is 3.25. The highest BCUT2D eigenvalue weighted by Crippen LogP contribution is 2.19. The minimum atomic E-state index is 0.815. The van der Waals surface area contributed by atoms with E-state index in [0.29, 0.717) is 0 Å². The van der Waals surface area contributed by atoms with Crippen LogP contribution in [0.25, 0.3) is 0 Å². The van der Waals surface area contributed by atoms with Crippen LogP contribution in [0.2, 0.25) is 0 Å². The predicted molar refractivity (Wildman–Crippen MR) is 33.0 cm³/mol. The molecule has 0 radical (unpaired) electrons. The van der Waals surface area contributed by atoms with Gasteiger partial charge in [-0.15, -0.1) is 0 Å². The van der Waals surface area contributed by atoms with E-state index >= 15 is 0 Å². The molecule has 0 saturated carbocycles. The van der Waals surface area contributed by atoms with Crippen molar-refractivity contribution in [1.29, 1.82) is 0 Å². The topological polar surface area (TPSA) is 24.4 Å². The lowest BCUT2D eigenvalue weighted by Crippen LogP contribution is -2.15. The molecule has 2 nitrogen and oxygen atoms in total. The summed E-state index contributed by atoms with van der Waals surface area (Å²) in [5, 5.41) is 3.27. The van der Waals surface area contributed by atoms with E-state index in [9.17, 15) is 0 Å². The van der Waals surface area contributed by atoms with Crippen molar-refractivity contribution in [3.05, 3.63) is 0 Å². The van der Waals surface area contributed by atoms with E-state index in [0.717, 1.165) is 19.0 Å². The second kappa shape index (κ2) is 1.47. The van der Waals surface area contributed by atoms with Crippen molar-refractivity contribution < 1.29 is 0 Å². The number of amidine groups is 1. The van der Waals surface area contributed by atoms with E-state index in [2.05, 4.69) is 10.3 Å². The summed E-state index contributed by atoms with van der Waals surface area (Å²) in [7, 11) is 0. The van der Waals surface area contributed by atoms with E-state index in [-0.39, 0.29) is 0 Å². The van der Waals surface area contributed by atoms with Crippen molar-refractivity contribution in [2.45, 2.75) is 12.8 Å². The molecule has 44 valence electrons. The molecular weight excluding hydrogens is 100 g/mol. The molecule has 1 fully saturated rings. The fourth-order valence-corrected chi connectivity index (χ4v) is 1.46. The summed E-state index contributed by atoms with van der Waals surface area (Å²) in [5.74, 6) is 2.10. The summed E-state index contributed by atoms with van der Waals surface area (Å²) < 4.78 is 0. The number of rotatable bonds is 0. The number of nitrogens with one attached hydrogen (secondary N) is 1. The first-order valence-corrected chi connectivity index (χ1v) is 3.25. The zero-order valence-electron chi connectivity index (χ0n) is 4.85. The maximum atomic E-state index is 4.30. The molecule has 2 rings (SSSR count). The minimum absolute atomic E-state index is 0.815. The lowest BCUT2D eigenvalue weighted by Gasteiger charge is -1.95. The molecule has 8 heavy (non-hydrogen) atoms. The zero-order valence-corrected chi connectivity index (χ0v) is 4.85. The third-order valence-electron chi connectivity index (χ3n) is 1.95. The van der Waals surface area contributed by atoms with Gasteiger partial charge in [0, 0.05) is 19.0 Å². The van der Waals surface area contributed by atoms with Gasteiger partial charge in [0.05, 0.1) is 5.84 Å².